The van der Waals surface area contributed by atoms with E-state index in [4.69, 9.17) is 11.6 Å². The molecule has 2 aromatic heterocycles. The van der Waals surface area contributed by atoms with Gasteiger partial charge >= 0.3 is 5.69 Å². The molecule has 0 saturated heterocycles. The van der Waals surface area contributed by atoms with Crippen LogP contribution in [0.15, 0.2) is 48.8 Å². The molecule has 0 saturated carbocycles. The Hall–Kier alpha value is -2.93. The minimum atomic E-state index is -0.530. The number of rotatable bonds is 4. The maximum Gasteiger partial charge on any atom is 0.313 e. The average molecular weight is 330 g/mol. The monoisotopic (exact) mass is 329 g/mol. The Morgan fingerprint density at radius 2 is 2.00 bits per heavy atom. The van der Waals surface area contributed by atoms with E-state index in [-0.39, 0.29) is 16.5 Å². The molecule has 7 nitrogen and oxygen atoms in total. The van der Waals surface area contributed by atoms with Gasteiger partial charge in [-0.25, -0.2) is 9.67 Å². The normalized spacial score (nSPS) is 10.5. The van der Waals surface area contributed by atoms with Gasteiger partial charge in [0.05, 0.1) is 33.2 Å². The summed E-state index contributed by atoms with van der Waals surface area (Å²) in [6, 6.07) is 10.8. The van der Waals surface area contributed by atoms with Gasteiger partial charge in [-0.05, 0) is 19.1 Å². The lowest BCUT2D eigenvalue weighted by Crippen LogP contribution is -2.02. The second kappa shape index (κ2) is 6.05. The third-order valence-corrected chi connectivity index (χ3v) is 3.50. The van der Waals surface area contributed by atoms with E-state index in [1.165, 1.54) is 12.3 Å². The van der Waals surface area contributed by atoms with E-state index in [0.717, 1.165) is 11.4 Å². The fraction of sp³-hybridized carbons (Fsp3) is 0.0667. The molecule has 0 spiro atoms. The number of halogens is 1. The Morgan fingerprint density at radius 1 is 1.26 bits per heavy atom. The fourth-order valence-electron chi connectivity index (χ4n) is 2.15. The number of nitrogens with one attached hydrogen (secondary N) is 1. The first-order valence-corrected chi connectivity index (χ1v) is 7.11. The van der Waals surface area contributed by atoms with Crippen molar-refractivity contribution in [2.45, 2.75) is 6.92 Å². The number of aromatic nitrogens is 3. The van der Waals surface area contributed by atoms with Crippen molar-refractivity contribution in [1.82, 2.24) is 14.8 Å². The Morgan fingerprint density at radius 3 is 2.70 bits per heavy atom. The summed E-state index contributed by atoms with van der Waals surface area (Å²) in [5, 5.41) is 18.6. The quantitative estimate of drug-likeness (QED) is 0.580. The molecule has 0 bridgehead atoms. The van der Waals surface area contributed by atoms with Crippen LogP contribution < -0.4 is 5.32 Å². The van der Waals surface area contributed by atoms with Crippen molar-refractivity contribution in [3.05, 3.63) is 69.6 Å². The van der Waals surface area contributed by atoms with Crippen LogP contribution in [0.25, 0.3) is 5.69 Å². The van der Waals surface area contributed by atoms with Gasteiger partial charge in [0, 0.05) is 12.3 Å². The molecule has 1 N–H and O–H groups in total. The van der Waals surface area contributed by atoms with E-state index in [1.54, 1.807) is 10.9 Å². The van der Waals surface area contributed by atoms with E-state index in [1.807, 2.05) is 37.3 Å². The Balaban J connectivity index is 1.96. The number of benzene rings is 1. The van der Waals surface area contributed by atoms with Crippen LogP contribution in [0.5, 0.6) is 0 Å². The summed E-state index contributed by atoms with van der Waals surface area (Å²) in [7, 11) is 0. The molecule has 3 rings (SSSR count). The minimum absolute atomic E-state index is 0.120. The van der Waals surface area contributed by atoms with E-state index in [2.05, 4.69) is 15.4 Å². The van der Waals surface area contributed by atoms with Gasteiger partial charge in [0.15, 0.2) is 0 Å². The number of pyridine rings is 1. The molecule has 0 aliphatic heterocycles. The van der Waals surface area contributed by atoms with Gasteiger partial charge in [-0.1, -0.05) is 29.8 Å². The molecule has 0 fully saturated rings. The van der Waals surface area contributed by atoms with Crippen LogP contribution in [0.1, 0.15) is 5.69 Å². The molecule has 0 aliphatic rings. The average Bonchev–Trinajstić information content (AvgIpc) is 2.91. The highest BCUT2D eigenvalue weighted by molar-refractivity contribution is 6.30. The molecule has 1 aromatic carbocycles. The number of nitro groups is 1. The maximum atomic E-state index is 11.1. The van der Waals surface area contributed by atoms with Gasteiger partial charge in [0.25, 0.3) is 0 Å². The highest BCUT2D eigenvalue weighted by Crippen LogP contribution is 2.29. The zero-order chi connectivity index (χ0) is 16.4. The lowest BCUT2D eigenvalue weighted by Gasteiger charge is -2.07. The minimum Gasteiger partial charge on any atom is -0.332 e. The Kier molecular flexibility index (Phi) is 3.94. The van der Waals surface area contributed by atoms with Gasteiger partial charge in [-0.15, -0.1) is 0 Å². The molecule has 23 heavy (non-hydrogen) atoms. The molecule has 0 amide bonds. The fourth-order valence-corrected chi connectivity index (χ4v) is 2.31. The third-order valence-electron chi connectivity index (χ3n) is 3.29. The highest BCUT2D eigenvalue weighted by Gasteiger charge is 2.18. The van der Waals surface area contributed by atoms with Crippen LogP contribution in [0, 0.1) is 17.0 Å². The maximum absolute atomic E-state index is 11.1. The van der Waals surface area contributed by atoms with E-state index in [0.29, 0.717) is 5.69 Å². The summed E-state index contributed by atoms with van der Waals surface area (Å²) >= 11 is 5.77. The van der Waals surface area contributed by atoms with Crippen molar-refractivity contribution in [1.29, 1.82) is 0 Å². The first-order chi connectivity index (χ1) is 11.1. The van der Waals surface area contributed by atoms with Crippen molar-refractivity contribution >= 4 is 28.8 Å². The van der Waals surface area contributed by atoms with Gasteiger partial charge in [0.2, 0.25) is 5.82 Å². The van der Waals surface area contributed by atoms with E-state index < -0.39 is 4.92 Å². The topological polar surface area (TPSA) is 85.9 Å². The molecular weight excluding hydrogens is 318 g/mol. The second-order valence-corrected chi connectivity index (χ2v) is 5.23. The standard InChI is InChI=1S/C15H12ClN5O2/c1-10-13(9-18-20(10)12-5-3-2-4-6-12)19-15-14(21(22)23)7-11(16)8-17-15/h2-9H,1H3,(H,17,19). The number of hydrogen-bond acceptors (Lipinski definition) is 5. The number of hydrogen-bond donors (Lipinski definition) is 1. The summed E-state index contributed by atoms with van der Waals surface area (Å²) in [4.78, 5) is 14.6. The first-order valence-electron chi connectivity index (χ1n) is 6.73. The van der Waals surface area contributed by atoms with Crippen LogP contribution >= 0.6 is 11.6 Å². The van der Waals surface area contributed by atoms with Crippen LogP contribution in [0.3, 0.4) is 0 Å². The Bertz CT molecular complexity index is 864. The number of para-hydroxylation sites is 1. The predicted octanol–water partition coefficient (Wildman–Crippen LogP) is 3.88. The van der Waals surface area contributed by atoms with Crippen LogP contribution in [0.4, 0.5) is 17.2 Å². The van der Waals surface area contributed by atoms with Gasteiger partial charge in [-0.3, -0.25) is 10.1 Å². The molecule has 0 radical (unpaired) electrons. The molecule has 3 aromatic rings. The van der Waals surface area contributed by atoms with Gasteiger partial charge < -0.3 is 5.32 Å². The zero-order valence-corrected chi connectivity index (χ0v) is 12.9. The molecular formula is C15H12ClN5O2. The predicted molar refractivity (Wildman–Crippen MR) is 87.5 cm³/mol. The van der Waals surface area contributed by atoms with Crippen molar-refractivity contribution in [2.24, 2.45) is 0 Å². The SMILES string of the molecule is Cc1c(Nc2ncc(Cl)cc2[N+](=O)[O-])cnn1-c1ccccc1. The molecule has 8 heteroatoms. The lowest BCUT2D eigenvalue weighted by molar-refractivity contribution is -0.384. The second-order valence-electron chi connectivity index (χ2n) is 4.79. The summed E-state index contributed by atoms with van der Waals surface area (Å²) in [5.74, 6) is 0.120. The molecule has 0 unspecified atom stereocenters. The van der Waals surface area contributed by atoms with Crippen molar-refractivity contribution in [3.8, 4) is 5.69 Å². The summed E-state index contributed by atoms with van der Waals surface area (Å²) in [6.07, 6.45) is 2.95. The van der Waals surface area contributed by atoms with E-state index >= 15 is 0 Å². The number of anilines is 2. The largest absolute Gasteiger partial charge is 0.332 e. The van der Waals surface area contributed by atoms with Crippen molar-refractivity contribution < 1.29 is 4.92 Å². The molecule has 116 valence electrons. The van der Waals surface area contributed by atoms with Gasteiger partial charge in [-0.2, -0.15) is 5.10 Å². The van der Waals surface area contributed by atoms with Crippen LogP contribution in [0.2, 0.25) is 5.02 Å². The summed E-state index contributed by atoms with van der Waals surface area (Å²) in [5.41, 5.74) is 2.15. The summed E-state index contributed by atoms with van der Waals surface area (Å²) < 4.78 is 1.74. The van der Waals surface area contributed by atoms with Gasteiger partial charge in [0.1, 0.15) is 0 Å². The zero-order valence-electron chi connectivity index (χ0n) is 12.1. The van der Waals surface area contributed by atoms with Crippen LogP contribution in [-0.2, 0) is 0 Å². The van der Waals surface area contributed by atoms with E-state index in [9.17, 15) is 10.1 Å². The first kappa shape index (κ1) is 15.0. The molecule has 2 heterocycles. The number of nitrogens with zero attached hydrogens (tertiary/aromatic N) is 4. The molecule has 0 atom stereocenters. The lowest BCUT2D eigenvalue weighted by atomic mass is 10.3. The summed E-state index contributed by atoms with van der Waals surface area (Å²) in [6.45, 7) is 1.87. The van der Waals surface area contributed by atoms with Crippen LogP contribution in [-0.4, -0.2) is 19.7 Å². The third kappa shape index (κ3) is 3.00. The Labute approximate surface area is 136 Å². The van der Waals surface area contributed by atoms with Crippen molar-refractivity contribution in [2.75, 3.05) is 5.32 Å². The smallest absolute Gasteiger partial charge is 0.313 e. The molecule has 0 aliphatic carbocycles. The van der Waals surface area contributed by atoms with Crippen molar-refractivity contribution in [3.63, 3.8) is 0 Å². The highest BCUT2D eigenvalue weighted by atomic mass is 35.5.